The van der Waals surface area contributed by atoms with E-state index in [-0.39, 0.29) is 0 Å². The van der Waals surface area contributed by atoms with E-state index in [1.54, 1.807) is 18.2 Å². The van der Waals surface area contributed by atoms with Crippen LogP contribution in [0.1, 0.15) is 37.4 Å². The lowest BCUT2D eigenvalue weighted by Gasteiger charge is -2.09. The molecule has 0 heterocycles. The summed E-state index contributed by atoms with van der Waals surface area (Å²) in [5.41, 5.74) is 8.05. The molecule has 4 rings (SSSR count). The zero-order chi connectivity index (χ0) is 24.0. The number of aromatic carboxylic acids is 2. The van der Waals surface area contributed by atoms with Crippen LogP contribution >= 0.6 is 0 Å². The predicted molar refractivity (Wildman–Crippen MR) is 132 cm³/mol. The number of rotatable bonds is 4. The van der Waals surface area contributed by atoms with Crippen LogP contribution in [0.5, 0.6) is 0 Å². The van der Waals surface area contributed by atoms with Crippen LogP contribution in [-0.4, -0.2) is 22.2 Å². The second-order valence-electron chi connectivity index (χ2n) is 7.85. The van der Waals surface area contributed by atoms with Gasteiger partial charge in [-0.25, -0.2) is 9.59 Å². The predicted octanol–water partition coefficient (Wildman–Crippen LogP) is 7.03. The maximum Gasteiger partial charge on any atom is 0.335 e. The van der Waals surface area contributed by atoms with E-state index in [1.807, 2.05) is 74.5 Å². The van der Waals surface area contributed by atoms with Crippen LogP contribution in [0.2, 0.25) is 0 Å². The van der Waals surface area contributed by atoms with Crippen molar-refractivity contribution in [3.63, 3.8) is 0 Å². The summed E-state index contributed by atoms with van der Waals surface area (Å²) in [6.07, 6.45) is 0. The van der Waals surface area contributed by atoms with Crippen molar-refractivity contribution in [2.45, 2.75) is 20.8 Å². The van der Waals surface area contributed by atoms with Gasteiger partial charge in [0, 0.05) is 0 Å². The molecule has 0 aliphatic carbocycles. The van der Waals surface area contributed by atoms with Crippen molar-refractivity contribution in [2.75, 3.05) is 0 Å². The van der Waals surface area contributed by atoms with Crippen LogP contribution in [-0.2, 0) is 0 Å². The largest absolute Gasteiger partial charge is 0.478 e. The van der Waals surface area contributed by atoms with Crippen LogP contribution in [0.3, 0.4) is 0 Å². The van der Waals surface area contributed by atoms with E-state index in [4.69, 9.17) is 10.2 Å². The summed E-state index contributed by atoms with van der Waals surface area (Å²) in [6.45, 7) is 5.81. The second-order valence-corrected chi connectivity index (χ2v) is 7.85. The summed E-state index contributed by atoms with van der Waals surface area (Å²) >= 11 is 0. The first-order chi connectivity index (χ1) is 15.8. The maximum absolute atomic E-state index is 10.9. The first-order valence-corrected chi connectivity index (χ1v) is 10.6. The van der Waals surface area contributed by atoms with Crippen LogP contribution in [0, 0.1) is 20.8 Å². The average molecular weight is 439 g/mol. The SMILES string of the molecule is Cc1cc(-c2ccccc2)ccc1C(=O)O.Cc1ccccc1-c1ccc(C(=O)O)cc1C. The molecule has 0 unspecified atom stereocenters. The highest BCUT2D eigenvalue weighted by atomic mass is 16.4. The molecule has 0 saturated carbocycles. The molecule has 4 nitrogen and oxygen atoms in total. The normalized spacial score (nSPS) is 10.2. The molecule has 4 aromatic rings. The minimum Gasteiger partial charge on any atom is -0.478 e. The van der Waals surface area contributed by atoms with Gasteiger partial charge in [0.1, 0.15) is 0 Å². The first-order valence-electron chi connectivity index (χ1n) is 10.6. The van der Waals surface area contributed by atoms with E-state index in [2.05, 4.69) is 19.1 Å². The van der Waals surface area contributed by atoms with Crippen LogP contribution in [0.4, 0.5) is 0 Å². The van der Waals surface area contributed by atoms with E-state index in [0.29, 0.717) is 11.1 Å². The van der Waals surface area contributed by atoms with E-state index < -0.39 is 11.9 Å². The standard InChI is InChI=1S/C15H14O2.C14H12O2/c1-10-5-3-4-6-13(10)14-8-7-12(15(16)17)9-11(14)2;1-10-9-12(7-8-13(10)14(15)16)11-5-3-2-4-6-11/h3-9H,1-2H3,(H,16,17);2-9H,1H3,(H,15,16). The van der Waals surface area contributed by atoms with Gasteiger partial charge in [-0.3, -0.25) is 0 Å². The van der Waals surface area contributed by atoms with Gasteiger partial charge in [-0.15, -0.1) is 0 Å². The van der Waals surface area contributed by atoms with Gasteiger partial charge in [0.15, 0.2) is 0 Å². The number of aryl methyl sites for hydroxylation is 3. The quantitative estimate of drug-likeness (QED) is 0.359. The average Bonchev–Trinajstić information content (AvgIpc) is 2.80. The molecule has 0 aliphatic heterocycles. The number of carbonyl (C=O) groups is 2. The van der Waals surface area contributed by atoms with Crippen molar-refractivity contribution in [1.82, 2.24) is 0 Å². The molecule has 0 aliphatic rings. The van der Waals surface area contributed by atoms with Crippen molar-refractivity contribution in [1.29, 1.82) is 0 Å². The zero-order valence-electron chi connectivity index (χ0n) is 18.9. The Morgan fingerprint density at radius 2 is 1.18 bits per heavy atom. The third-order valence-corrected chi connectivity index (χ3v) is 5.47. The lowest BCUT2D eigenvalue weighted by atomic mass is 9.95. The van der Waals surface area contributed by atoms with Crippen LogP contribution in [0.15, 0.2) is 91.0 Å². The van der Waals surface area contributed by atoms with Crippen molar-refractivity contribution >= 4 is 11.9 Å². The lowest BCUT2D eigenvalue weighted by molar-refractivity contribution is 0.0685. The topological polar surface area (TPSA) is 74.6 Å². The molecular weight excluding hydrogens is 412 g/mol. The molecule has 0 aromatic heterocycles. The molecule has 33 heavy (non-hydrogen) atoms. The van der Waals surface area contributed by atoms with E-state index >= 15 is 0 Å². The highest BCUT2D eigenvalue weighted by molar-refractivity contribution is 5.90. The Kier molecular flexibility index (Phi) is 7.42. The minimum atomic E-state index is -0.885. The molecular formula is C29H26O4. The van der Waals surface area contributed by atoms with Crippen molar-refractivity contribution in [2.24, 2.45) is 0 Å². The highest BCUT2D eigenvalue weighted by Gasteiger charge is 2.09. The molecule has 0 bridgehead atoms. The Labute approximate surface area is 193 Å². The molecule has 0 saturated heterocycles. The Balaban J connectivity index is 0.000000186. The summed E-state index contributed by atoms with van der Waals surface area (Å²) in [5.74, 6) is -1.76. The molecule has 166 valence electrons. The number of benzene rings is 4. The molecule has 2 N–H and O–H groups in total. The first kappa shape index (κ1) is 23.5. The Bertz CT molecular complexity index is 1290. The van der Waals surface area contributed by atoms with Crippen LogP contribution < -0.4 is 0 Å². The second kappa shape index (κ2) is 10.4. The highest BCUT2D eigenvalue weighted by Crippen LogP contribution is 2.27. The third kappa shape index (κ3) is 5.74. The van der Waals surface area contributed by atoms with Gasteiger partial charge in [0.2, 0.25) is 0 Å². The summed E-state index contributed by atoms with van der Waals surface area (Å²) in [5, 5.41) is 17.9. The molecule has 4 heteroatoms. The monoisotopic (exact) mass is 438 g/mol. The number of carboxylic acid groups (broad SMARTS) is 2. The summed E-state index contributed by atoms with van der Waals surface area (Å²) in [4.78, 5) is 21.7. The minimum absolute atomic E-state index is 0.333. The van der Waals surface area contributed by atoms with Gasteiger partial charge in [-0.05, 0) is 77.9 Å². The van der Waals surface area contributed by atoms with Crippen LogP contribution in [0.25, 0.3) is 22.3 Å². The lowest BCUT2D eigenvalue weighted by Crippen LogP contribution is -1.99. The summed E-state index contributed by atoms with van der Waals surface area (Å²) < 4.78 is 0. The van der Waals surface area contributed by atoms with E-state index in [1.165, 1.54) is 5.56 Å². The fraction of sp³-hybridized carbons (Fsp3) is 0.103. The Morgan fingerprint density at radius 1 is 0.545 bits per heavy atom. The summed E-state index contributed by atoms with van der Waals surface area (Å²) in [6, 6.07) is 28.6. The van der Waals surface area contributed by atoms with Crippen molar-refractivity contribution < 1.29 is 19.8 Å². The maximum atomic E-state index is 10.9. The van der Waals surface area contributed by atoms with Gasteiger partial charge in [-0.2, -0.15) is 0 Å². The molecule has 0 amide bonds. The Morgan fingerprint density at radius 3 is 1.76 bits per heavy atom. The van der Waals surface area contributed by atoms with Gasteiger partial charge in [-0.1, -0.05) is 72.8 Å². The van der Waals surface area contributed by atoms with Gasteiger partial charge in [0.05, 0.1) is 11.1 Å². The Hall–Kier alpha value is -4.18. The smallest absolute Gasteiger partial charge is 0.335 e. The number of hydrogen-bond acceptors (Lipinski definition) is 2. The summed E-state index contributed by atoms with van der Waals surface area (Å²) in [7, 11) is 0. The molecule has 4 aromatic carbocycles. The van der Waals surface area contributed by atoms with Gasteiger partial charge < -0.3 is 10.2 Å². The van der Waals surface area contributed by atoms with Gasteiger partial charge >= 0.3 is 11.9 Å². The third-order valence-electron chi connectivity index (χ3n) is 5.47. The number of carboxylic acids is 2. The molecule has 0 atom stereocenters. The molecule has 0 fully saturated rings. The fourth-order valence-corrected chi connectivity index (χ4v) is 3.69. The van der Waals surface area contributed by atoms with Crippen molar-refractivity contribution in [3.05, 3.63) is 119 Å². The van der Waals surface area contributed by atoms with Gasteiger partial charge in [0.25, 0.3) is 0 Å². The molecule has 0 radical (unpaired) electrons. The number of hydrogen-bond donors (Lipinski definition) is 2. The molecule has 0 spiro atoms. The van der Waals surface area contributed by atoms with Crippen molar-refractivity contribution in [3.8, 4) is 22.3 Å². The van der Waals surface area contributed by atoms with E-state index in [0.717, 1.165) is 33.4 Å². The van der Waals surface area contributed by atoms with E-state index in [9.17, 15) is 9.59 Å². The fourth-order valence-electron chi connectivity index (χ4n) is 3.69. The zero-order valence-corrected chi connectivity index (χ0v) is 18.9.